The SMILES string of the molecule is O=C(COC(=O)c1ccc(Cl)cc1O)NCCSCc1cccs1. The zero-order chi connectivity index (χ0) is 17.4. The summed E-state index contributed by atoms with van der Waals surface area (Å²) in [7, 11) is 0. The molecule has 5 nitrogen and oxygen atoms in total. The van der Waals surface area contributed by atoms with Crippen LogP contribution in [0.15, 0.2) is 35.7 Å². The molecule has 0 aliphatic carbocycles. The number of phenolic OH excluding ortho intramolecular Hbond substituents is 1. The van der Waals surface area contributed by atoms with Crippen LogP contribution in [-0.2, 0) is 15.3 Å². The maximum atomic E-state index is 11.8. The molecule has 128 valence electrons. The van der Waals surface area contributed by atoms with Gasteiger partial charge in [0.2, 0.25) is 0 Å². The van der Waals surface area contributed by atoms with E-state index >= 15 is 0 Å². The van der Waals surface area contributed by atoms with Gasteiger partial charge in [-0.3, -0.25) is 4.79 Å². The summed E-state index contributed by atoms with van der Waals surface area (Å²) in [5.74, 6) is 0.256. The van der Waals surface area contributed by atoms with Crippen molar-refractivity contribution in [2.75, 3.05) is 18.9 Å². The molecule has 0 aliphatic rings. The minimum atomic E-state index is -0.772. The summed E-state index contributed by atoms with van der Waals surface area (Å²) in [5.41, 5.74) is -0.0290. The third kappa shape index (κ3) is 6.07. The molecule has 1 heterocycles. The van der Waals surface area contributed by atoms with Crippen LogP contribution in [0.5, 0.6) is 5.75 Å². The quantitative estimate of drug-likeness (QED) is 0.538. The van der Waals surface area contributed by atoms with E-state index in [1.165, 1.54) is 23.1 Å². The van der Waals surface area contributed by atoms with Gasteiger partial charge in [-0.25, -0.2) is 4.79 Å². The first-order chi connectivity index (χ1) is 11.6. The number of amides is 1. The summed E-state index contributed by atoms with van der Waals surface area (Å²) >= 11 is 9.11. The van der Waals surface area contributed by atoms with Gasteiger partial charge in [0.1, 0.15) is 11.3 Å². The molecular weight excluding hydrogens is 370 g/mol. The van der Waals surface area contributed by atoms with Crippen LogP contribution >= 0.6 is 34.7 Å². The summed E-state index contributed by atoms with van der Waals surface area (Å²) in [4.78, 5) is 24.7. The number of benzene rings is 1. The molecule has 24 heavy (non-hydrogen) atoms. The Bertz CT molecular complexity index is 691. The maximum Gasteiger partial charge on any atom is 0.342 e. The van der Waals surface area contributed by atoms with Crippen LogP contribution in [-0.4, -0.2) is 35.9 Å². The summed E-state index contributed by atoms with van der Waals surface area (Å²) in [6, 6.07) is 8.13. The Morgan fingerprint density at radius 3 is 2.88 bits per heavy atom. The molecule has 0 atom stereocenters. The number of hydrogen-bond acceptors (Lipinski definition) is 6. The van der Waals surface area contributed by atoms with Gasteiger partial charge in [-0.1, -0.05) is 17.7 Å². The molecule has 2 rings (SSSR count). The zero-order valence-corrected chi connectivity index (χ0v) is 15.0. The molecule has 1 amide bonds. The first kappa shape index (κ1) is 18.6. The molecule has 2 N–H and O–H groups in total. The van der Waals surface area contributed by atoms with Crippen molar-refractivity contribution in [3.8, 4) is 5.75 Å². The third-order valence-corrected chi connectivity index (χ3v) is 5.21. The fraction of sp³-hybridized carbons (Fsp3) is 0.250. The normalized spacial score (nSPS) is 10.4. The van der Waals surface area contributed by atoms with E-state index in [0.717, 1.165) is 11.5 Å². The maximum absolute atomic E-state index is 11.8. The van der Waals surface area contributed by atoms with Crippen LogP contribution in [0, 0.1) is 0 Å². The number of halogens is 1. The van der Waals surface area contributed by atoms with E-state index in [2.05, 4.69) is 11.4 Å². The Morgan fingerprint density at radius 1 is 1.33 bits per heavy atom. The van der Waals surface area contributed by atoms with Gasteiger partial charge in [0.25, 0.3) is 5.91 Å². The largest absolute Gasteiger partial charge is 0.507 e. The Kier molecular flexibility index (Phi) is 7.42. The van der Waals surface area contributed by atoms with Gasteiger partial charge in [0.05, 0.1) is 0 Å². The molecular formula is C16H16ClNO4S2. The molecule has 0 aliphatic heterocycles. The molecule has 0 fully saturated rings. The number of nitrogens with one attached hydrogen (secondary N) is 1. The van der Waals surface area contributed by atoms with E-state index in [9.17, 15) is 14.7 Å². The number of ether oxygens (including phenoxy) is 1. The van der Waals surface area contributed by atoms with Gasteiger partial charge < -0.3 is 15.2 Å². The highest BCUT2D eigenvalue weighted by Crippen LogP contribution is 2.22. The third-order valence-electron chi connectivity index (χ3n) is 2.91. The molecule has 0 bridgehead atoms. The van der Waals surface area contributed by atoms with E-state index in [1.807, 2.05) is 11.4 Å². The number of phenols is 1. The number of carbonyl (C=O) groups is 2. The van der Waals surface area contributed by atoms with Crippen molar-refractivity contribution in [3.63, 3.8) is 0 Å². The van der Waals surface area contributed by atoms with Crippen molar-refractivity contribution < 1.29 is 19.4 Å². The summed E-state index contributed by atoms with van der Waals surface area (Å²) < 4.78 is 4.87. The molecule has 1 aromatic carbocycles. The van der Waals surface area contributed by atoms with Gasteiger partial charge in [-0.2, -0.15) is 11.8 Å². The predicted molar refractivity (Wildman–Crippen MR) is 96.9 cm³/mol. The highest BCUT2D eigenvalue weighted by Gasteiger charge is 2.14. The molecule has 0 spiro atoms. The topological polar surface area (TPSA) is 75.6 Å². The minimum absolute atomic E-state index is 0.0290. The minimum Gasteiger partial charge on any atom is -0.507 e. The van der Waals surface area contributed by atoms with Crippen molar-refractivity contribution in [3.05, 3.63) is 51.2 Å². The van der Waals surface area contributed by atoms with Crippen molar-refractivity contribution in [1.82, 2.24) is 5.32 Å². The van der Waals surface area contributed by atoms with E-state index in [1.54, 1.807) is 23.1 Å². The number of thioether (sulfide) groups is 1. The number of thiophene rings is 1. The van der Waals surface area contributed by atoms with E-state index in [-0.39, 0.29) is 17.2 Å². The predicted octanol–water partition coefficient (Wildman–Crippen LogP) is 3.31. The van der Waals surface area contributed by atoms with Crippen LogP contribution in [0.2, 0.25) is 5.02 Å². The average molecular weight is 386 g/mol. The Morgan fingerprint density at radius 2 is 2.17 bits per heavy atom. The van der Waals surface area contributed by atoms with Crippen molar-refractivity contribution in [2.45, 2.75) is 5.75 Å². The Hall–Kier alpha value is -1.70. The van der Waals surface area contributed by atoms with Crippen molar-refractivity contribution >= 4 is 46.6 Å². The lowest BCUT2D eigenvalue weighted by Gasteiger charge is -2.07. The van der Waals surface area contributed by atoms with Crippen LogP contribution in [0.4, 0.5) is 0 Å². The van der Waals surface area contributed by atoms with E-state index in [4.69, 9.17) is 16.3 Å². The van der Waals surface area contributed by atoms with Crippen LogP contribution in [0.3, 0.4) is 0 Å². The molecule has 0 saturated heterocycles. The van der Waals surface area contributed by atoms with E-state index in [0.29, 0.717) is 11.6 Å². The summed E-state index contributed by atoms with van der Waals surface area (Å²) in [6.07, 6.45) is 0. The lowest BCUT2D eigenvalue weighted by molar-refractivity contribution is -0.124. The van der Waals surface area contributed by atoms with Crippen molar-refractivity contribution in [2.24, 2.45) is 0 Å². The first-order valence-electron chi connectivity index (χ1n) is 7.08. The Balaban J connectivity index is 1.62. The first-order valence-corrected chi connectivity index (χ1v) is 9.50. The second kappa shape index (κ2) is 9.56. The number of esters is 1. The molecule has 8 heteroatoms. The molecule has 0 saturated carbocycles. The average Bonchev–Trinajstić information content (AvgIpc) is 3.05. The van der Waals surface area contributed by atoms with Gasteiger partial charge >= 0.3 is 5.97 Å². The van der Waals surface area contributed by atoms with Crippen LogP contribution in [0.25, 0.3) is 0 Å². The fourth-order valence-corrected chi connectivity index (χ4v) is 3.63. The van der Waals surface area contributed by atoms with Crippen molar-refractivity contribution in [1.29, 1.82) is 0 Å². The van der Waals surface area contributed by atoms with Gasteiger partial charge in [0, 0.05) is 28.0 Å². The lowest BCUT2D eigenvalue weighted by Crippen LogP contribution is -2.30. The monoisotopic (exact) mass is 385 g/mol. The number of carbonyl (C=O) groups excluding carboxylic acids is 2. The number of aromatic hydroxyl groups is 1. The highest BCUT2D eigenvalue weighted by atomic mass is 35.5. The molecule has 0 radical (unpaired) electrons. The van der Waals surface area contributed by atoms with Gasteiger partial charge in [-0.15, -0.1) is 11.3 Å². The lowest BCUT2D eigenvalue weighted by atomic mass is 10.2. The smallest absolute Gasteiger partial charge is 0.342 e. The van der Waals surface area contributed by atoms with E-state index < -0.39 is 12.6 Å². The molecule has 2 aromatic rings. The fourth-order valence-electron chi connectivity index (χ4n) is 1.77. The standard InChI is InChI=1S/C16H16ClNO4S2/c17-11-3-4-13(14(19)8-11)16(21)22-9-15(20)18-5-7-23-10-12-2-1-6-24-12/h1-4,6,8,19H,5,7,9-10H2,(H,18,20). The second-order valence-corrected chi connectivity index (χ2v) is 7.29. The summed E-state index contributed by atoms with van der Waals surface area (Å²) in [5, 5.41) is 14.6. The van der Waals surface area contributed by atoms with Gasteiger partial charge in [0.15, 0.2) is 6.61 Å². The second-order valence-electron chi connectivity index (χ2n) is 4.72. The van der Waals surface area contributed by atoms with Crippen LogP contribution in [0.1, 0.15) is 15.2 Å². The van der Waals surface area contributed by atoms with Crippen LogP contribution < -0.4 is 5.32 Å². The zero-order valence-electron chi connectivity index (χ0n) is 12.7. The molecule has 0 unspecified atom stereocenters. The van der Waals surface area contributed by atoms with Gasteiger partial charge in [-0.05, 0) is 29.6 Å². The Labute approximate surface area is 153 Å². The number of rotatable bonds is 8. The molecule has 1 aromatic heterocycles. The summed E-state index contributed by atoms with van der Waals surface area (Å²) in [6.45, 7) is 0.106. The number of hydrogen-bond donors (Lipinski definition) is 2. The highest BCUT2D eigenvalue weighted by molar-refractivity contribution is 7.98.